The number of nitrogens with one attached hydrogen (secondary N) is 1. The van der Waals surface area contributed by atoms with Crippen LogP contribution >= 0.6 is 0 Å². The van der Waals surface area contributed by atoms with Crippen molar-refractivity contribution in [2.75, 3.05) is 19.7 Å². The Bertz CT molecular complexity index is 827. The molecule has 0 aromatic heterocycles. The van der Waals surface area contributed by atoms with Crippen LogP contribution in [-0.2, 0) is 4.79 Å². The standard InChI is InChI=1S/C23H28N2O4/c1-17-7-9-21(10-8-17)29-15-3-6-22(27)25-13-11-19(12-14-25)24-23(28)18-4-2-5-20(26)16-18/h2,4-5,7-10,16,19,26H,3,6,11-15H2,1H3,(H,24,28). The van der Waals surface area contributed by atoms with Gasteiger partial charge in [-0.2, -0.15) is 0 Å². The Hall–Kier alpha value is -3.02. The van der Waals surface area contributed by atoms with E-state index in [2.05, 4.69) is 5.32 Å². The van der Waals surface area contributed by atoms with Crippen molar-refractivity contribution >= 4 is 11.8 Å². The third-order valence-corrected chi connectivity index (χ3v) is 5.12. The van der Waals surface area contributed by atoms with Gasteiger partial charge in [-0.3, -0.25) is 9.59 Å². The second-order valence-electron chi connectivity index (χ2n) is 7.44. The van der Waals surface area contributed by atoms with Gasteiger partial charge in [-0.1, -0.05) is 23.8 Å². The smallest absolute Gasteiger partial charge is 0.251 e. The van der Waals surface area contributed by atoms with Crippen LogP contribution in [0, 0.1) is 6.92 Å². The molecule has 0 aliphatic carbocycles. The number of carbonyl (C=O) groups excluding carboxylic acids is 2. The molecular weight excluding hydrogens is 368 g/mol. The quantitative estimate of drug-likeness (QED) is 0.704. The van der Waals surface area contributed by atoms with Crippen LogP contribution in [0.2, 0.25) is 0 Å². The van der Waals surface area contributed by atoms with Gasteiger partial charge in [0.1, 0.15) is 11.5 Å². The number of piperidine rings is 1. The van der Waals surface area contributed by atoms with Crippen LogP contribution < -0.4 is 10.1 Å². The molecule has 0 radical (unpaired) electrons. The van der Waals surface area contributed by atoms with Crippen LogP contribution in [0.4, 0.5) is 0 Å². The van der Waals surface area contributed by atoms with Gasteiger partial charge in [-0.05, 0) is 56.5 Å². The highest BCUT2D eigenvalue weighted by Gasteiger charge is 2.24. The molecular formula is C23H28N2O4. The Balaban J connectivity index is 1.34. The van der Waals surface area contributed by atoms with Crippen molar-refractivity contribution in [3.05, 3.63) is 59.7 Å². The van der Waals surface area contributed by atoms with E-state index in [0.717, 1.165) is 18.6 Å². The summed E-state index contributed by atoms with van der Waals surface area (Å²) in [7, 11) is 0. The third kappa shape index (κ3) is 6.24. The van der Waals surface area contributed by atoms with E-state index in [1.54, 1.807) is 12.1 Å². The van der Waals surface area contributed by atoms with E-state index in [4.69, 9.17) is 4.74 Å². The zero-order valence-corrected chi connectivity index (χ0v) is 16.8. The van der Waals surface area contributed by atoms with E-state index in [1.165, 1.54) is 17.7 Å². The maximum absolute atomic E-state index is 12.4. The molecule has 0 saturated carbocycles. The monoisotopic (exact) mass is 396 g/mol. The first-order valence-corrected chi connectivity index (χ1v) is 10.1. The molecule has 2 amide bonds. The fraction of sp³-hybridized carbons (Fsp3) is 0.391. The summed E-state index contributed by atoms with van der Waals surface area (Å²) in [6.45, 7) is 3.83. The molecule has 6 heteroatoms. The Kier molecular flexibility index (Phi) is 7.11. The van der Waals surface area contributed by atoms with Gasteiger partial charge in [-0.15, -0.1) is 0 Å². The largest absolute Gasteiger partial charge is 0.508 e. The molecule has 0 spiro atoms. The summed E-state index contributed by atoms with van der Waals surface area (Å²) in [4.78, 5) is 26.5. The maximum atomic E-state index is 12.4. The number of hydrogen-bond donors (Lipinski definition) is 2. The van der Waals surface area contributed by atoms with Crippen LogP contribution in [0.3, 0.4) is 0 Å². The molecule has 2 N–H and O–H groups in total. The maximum Gasteiger partial charge on any atom is 0.251 e. The summed E-state index contributed by atoms with van der Waals surface area (Å²) < 4.78 is 5.67. The predicted molar refractivity (Wildman–Crippen MR) is 111 cm³/mol. The van der Waals surface area contributed by atoms with Gasteiger partial charge in [0.25, 0.3) is 5.91 Å². The predicted octanol–water partition coefficient (Wildman–Crippen LogP) is 3.28. The summed E-state index contributed by atoms with van der Waals surface area (Å²) in [5.74, 6) is 0.838. The normalized spacial score (nSPS) is 14.4. The van der Waals surface area contributed by atoms with Crippen LogP contribution in [0.1, 0.15) is 41.6 Å². The molecule has 154 valence electrons. The van der Waals surface area contributed by atoms with Crippen molar-refractivity contribution in [2.24, 2.45) is 0 Å². The zero-order chi connectivity index (χ0) is 20.6. The highest BCUT2D eigenvalue weighted by Crippen LogP contribution is 2.16. The molecule has 0 unspecified atom stereocenters. The zero-order valence-electron chi connectivity index (χ0n) is 16.8. The molecule has 6 nitrogen and oxygen atoms in total. The Morgan fingerprint density at radius 3 is 2.55 bits per heavy atom. The van der Waals surface area contributed by atoms with Crippen LogP contribution in [0.15, 0.2) is 48.5 Å². The summed E-state index contributed by atoms with van der Waals surface area (Å²) in [6.07, 6.45) is 2.61. The molecule has 0 atom stereocenters. The number of aryl methyl sites for hydroxylation is 1. The number of ether oxygens (including phenoxy) is 1. The molecule has 0 bridgehead atoms. The van der Waals surface area contributed by atoms with Gasteiger partial charge in [0, 0.05) is 31.1 Å². The van der Waals surface area contributed by atoms with Crippen LogP contribution in [-0.4, -0.2) is 47.6 Å². The van der Waals surface area contributed by atoms with Crippen molar-refractivity contribution in [1.82, 2.24) is 10.2 Å². The first-order chi connectivity index (χ1) is 14.0. The Morgan fingerprint density at radius 1 is 1.14 bits per heavy atom. The lowest BCUT2D eigenvalue weighted by molar-refractivity contribution is -0.132. The molecule has 1 aliphatic heterocycles. The second-order valence-corrected chi connectivity index (χ2v) is 7.44. The lowest BCUT2D eigenvalue weighted by Gasteiger charge is -2.32. The summed E-state index contributed by atoms with van der Waals surface area (Å²) in [6, 6.07) is 14.2. The molecule has 1 heterocycles. The van der Waals surface area contributed by atoms with Crippen molar-refractivity contribution in [3.63, 3.8) is 0 Å². The second kappa shape index (κ2) is 9.96. The van der Waals surface area contributed by atoms with E-state index >= 15 is 0 Å². The van der Waals surface area contributed by atoms with Crippen molar-refractivity contribution in [3.8, 4) is 11.5 Å². The van der Waals surface area contributed by atoms with E-state index in [0.29, 0.717) is 38.1 Å². The minimum absolute atomic E-state index is 0.0405. The highest BCUT2D eigenvalue weighted by atomic mass is 16.5. The topological polar surface area (TPSA) is 78.9 Å². The molecule has 29 heavy (non-hydrogen) atoms. The van der Waals surface area contributed by atoms with E-state index < -0.39 is 0 Å². The number of aromatic hydroxyl groups is 1. The number of rotatable bonds is 7. The minimum atomic E-state index is -0.195. The number of amides is 2. The average Bonchev–Trinajstić information content (AvgIpc) is 2.73. The van der Waals surface area contributed by atoms with Crippen molar-refractivity contribution in [1.29, 1.82) is 0 Å². The summed E-state index contributed by atoms with van der Waals surface area (Å²) >= 11 is 0. The van der Waals surface area contributed by atoms with Gasteiger partial charge < -0.3 is 20.1 Å². The average molecular weight is 396 g/mol. The minimum Gasteiger partial charge on any atom is -0.508 e. The molecule has 1 fully saturated rings. The summed E-state index contributed by atoms with van der Waals surface area (Å²) in [5.41, 5.74) is 1.63. The number of likely N-dealkylation sites (tertiary alicyclic amines) is 1. The first-order valence-electron chi connectivity index (χ1n) is 10.1. The van der Waals surface area contributed by atoms with E-state index in [1.807, 2.05) is 36.1 Å². The number of carbonyl (C=O) groups is 2. The lowest BCUT2D eigenvalue weighted by atomic mass is 10.0. The number of benzene rings is 2. The van der Waals surface area contributed by atoms with E-state index in [-0.39, 0.29) is 23.6 Å². The van der Waals surface area contributed by atoms with Gasteiger partial charge in [0.15, 0.2) is 0 Å². The van der Waals surface area contributed by atoms with Gasteiger partial charge >= 0.3 is 0 Å². The van der Waals surface area contributed by atoms with Gasteiger partial charge in [-0.25, -0.2) is 0 Å². The molecule has 1 saturated heterocycles. The van der Waals surface area contributed by atoms with E-state index in [9.17, 15) is 14.7 Å². The number of phenolic OH excluding ortho intramolecular Hbond substituents is 1. The van der Waals surface area contributed by atoms with Crippen molar-refractivity contribution in [2.45, 2.75) is 38.6 Å². The SMILES string of the molecule is Cc1ccc(OCCCC(=O)N2CCC(NC(=O)c3cccc(O)c3)CC2)cc1. The molecule has 3 rings (SSSR count). The number of hydrogen-bond acceptors (Lipinski definition) is 4. The Morgan fingerprint density at radius 2 is 1.86 bits per heavy atom. The van der Waals surface area contributed by atoms with Gasteiger partial charge in [0.05, 0.1) is 6.61 Å². The number of phenols is 1. The van der Waals surface area contributed by atoms with Gasteiger partial charge in [0.2, 0.25) is 5.91 Å². The van der Waals surface area contributed by atoms with Crippen molar-refractivity contribution < 1.29 is 19.4 Å². The van der Waals surface area contributed by atoms with Crippen LogP contribution in [0.5, 0.6) is 11.5 Å². The molecule has 1 aliphatic rings. The number of nitrogens with zero attached hydrogens (tertiary/aromatic N) is 1. The lowest BCUT2D eigenvalue weighted by Crippen LogP contribution is -2.46. The molecule has 2 aromatic rings. The fourth-order valence-corrected chi connectivity index (χ4v) is 3.40. The molecule has 2 aromatic carbocycles. The Labute approximate surface area is 171 Å². The summed E-state index contributed by atoms with van der Waals surface area (Å²) in [5, 5.41) is 12.5. The fourth-order valence-electron chi connectivity index (χ4n) is 3.40. The van der Waals surface area contributed by atoms with Crippen LogP contribution in [0.25, 0.3) is 0 Å². The first kappa shape index (κ1) is 20.7. The highest BCUT2D eigenvalue weighted by molar-refractivity contribution is 5.94. The third-order valence-electron chi connectivity index (χ3n) is 5.12.